The Kier molecular flexibility index (Phi) is 3.64. The number of ether oxygens (including phenoxy) is 2. The fraction of sp³-hybridized carbons (Fsp3) is 0.429. The summed E-state index contributed by atoms with van der Waals surface area (Å²) in [6.07, 6.45) is 9.94. The van der Waals surface area contributed by atoms with Crippen LogP contribution in [0, 0.1) is 6.92 Å². The van der Waals surface area contributed by atoms with E-state index < -0.39 is 0 Å². The molecule has 0 unspecified atom stereocenters. The van der Waals surface area contributed by atoms with E-state index in [4.69, 9.17) is 9.47 Å². The van der Waals surface area contributed by atoms with E-state index >= 15 is 0 Å². The van der Waals surface area contributed by atoms with Gasteiger partial charge in [-0.2, -0.15) is 10.1 Å². The molecule has 0 atom stereocenters. The van der Waals surface area contributed by atoms with Gasteiger partial charge in [0, 0.05) is 49.5 Å². The molecule has 0 spiro atoms. The molecule has 0 bridgehead atoms. The van der Waals surface area contributed by atoms with Crippen molar-refractivity contribution in [2.45, 2.75) is 50.9 Å². The van der Waals surface area contributed by atoms with Crippen molar-refractivity contribution in [3.05, 3.63) is 36.7 Å². The van der Waals surface area contributed by atoms with E-state index in [9.17, 15) is 0 Å². The van der Waals surface area contributed by atoms with Crippen LogP contribution < -0.4 is 4.74 Å². The van der Waals surface area contributed by atoms with Crippen molar-refractivity contribution in [1.29, 1.82) is 0 Å². The lowest BCUT2D eigenvalue weighted by molar-refractivity contribution is -0.0392. The molecule has 2 saturated carbocycles. The van der Waals surface area contributed by atoms with Crippen molar-refractivity contribution in [3.8, 4) is 17.0 Å². The van der Waals surface area contributed by atoms with Crippen LogP contribution in [-0.4, -0.2) is 48.5 Å². The number of fused-ring (bicyclic) bond motifs is 2. The van der Waals surface area contributed by atoms with E-state index in [-0.39, 0.29) is 12.2 Å². The fourth-order valence-corrected chi connectivity index (χ4v) is 4.24. The lowest BCUT2D eigenvalue weighted by Crippen LogP contribution is -2.39. The normalized spacial score (nSPS) is 21.6. The van der Waals surface area contributed by atoms with Gasteiger partial charge in [0.2, 0.25) is 5.88 Å². The summed E-state index contributed by atoms with van der Waals surface area (Å²) in [6.45, 7) is 2.05. The van der Waals surface area contributed by atoms with Crippen LogP contribution in [0.2, 0.25) is 0 Å². The van der Waals surface area contributed by atoms with E-state index in [0.29, 0.717) is 11.9 Å². The molecule has 0 N–H and O–H groups in total. The topological polar surface area (TPSA) is 79.4 Å². The predicted octanol–water partition coefficient (Wildman–Crippen LogP) is 3.34. The number of imidazole rings is 1. The zero-order chi connectivity index (χ0) is 19.5. The Hall–Kier alpha value is -3.00. The minimum Gasteiger partial charge on any atom is -0.473 e. The zero-order valence-corrected chi connectivity index (χ0v) is 16.4. The minimum atomic E-state index is 0.126. The molecule has 29 heavy (non-hydrogen) atoms. The summed E-state index contributed by atoms with van der Waals surface area (Å²) >= 11 is 0. The molecule has 0 aliphatic heterocycles. The predicted molar refractivity (Wildman–Crippen MR) is 107 cm³/mol. The van der Waals surface area contributed by atoms with Crippen LogP contribution in [-0.2, 0) is 4.74 Å². The Morgan fingerprint density at radius 3 is 2.79 bits per heavy atom. The van der Waals surface area contributed by atoms with Gasteiger partial charge in [0.1, 0.15) is 23.8 Å². The molecule has 2 fully saturated rings. The van der Waals surface area contributed by atoms with Crippen molar-refractivity contribution < 1.29 is 9.47 Å². The Labute approximate surface area is 167 Å². The van der Waals surface area contributed by atoms with E-state index in [2.05, 4.69) is 37.6 Å². The van der Waals surface area contributed by atoms with Crippen molar-refractivity contribution in [2.24, 2.45) is 0 Å². The first-order chi connectivity index (χ1) is 14.2. The van der Waals surface area contributed by atoms with Gasteiger partial charge in [0.05, 0.1) is 11.6 Å². The fourth-order valence-electron chi connectivity index (χ4n) is 4.24. The van der Waals surface area contributed by atoms with Crippen molar-refractivity contribution in [2.75, 3.05) is 7.11 Å². The van der Waals surface area contributed by atoms with Crippen LogP contribution in [0.4, 0.5) is 0 Å². The van der Waals surface area contributed by atoms with Crippen molar-refractivity contribution in [3.63, 3.8) is 0 Å². The summed E-state index contributed by atoms with van der Waals surface area (Å²) < 4.78 is 15.7. The molecule has 0 radical (unpaired) electrons. The van der Waals surface area contributed by atoms with Gasteiger partial charge in [-0.05, 0) is 31.9 Å². The smallest absolute Gasteiger partial charge is 0.242 e. The summed E-state index contributed by atoms with van der Waals surface area (Å²) in [5.41, 5.74) is 4.78. The second-order valence-corrected chi connectivity index (χ2v) is 7.98. The third-order valence-electron chi connectivity index (χ3n) is 6.03. The molecule has 4 aromatic rings. The summed E-state index contributed by atoms with van der Waals surface area (Å²) in [7, 11) is 1.74. The van der Waals surface area contributed by atoms with Crippen LogP contribution in [0.15, 0.2) is 30.9 Å². The average Bonchev–Trinajstić information content (AvgIpc) is 3.33. The summed E-state index contributed by atoms with van der Waals surface area (Å²) in [5.74, 6) is 1.63. The number of hydrogen-bond donors (Lipinski definition) is 0. The Balaban J connectivity index is 1.44. The number of aromatic nitrogens is 6. The molecule has 4 aromatic heterocycles. The number of pyridine rings is 1. The highest BCUT2D eigenvalue weighted by molar-refractivity contribution is 5.88. The van der Waals surface area contributed by atoms with Gasteiger partial charge in [-0.25, -0.2) is 14.5 Å². The molecule has 6 rings (SSSR count). The van der Waals surface area contributed by atoms with Crippen LogP contribution in [0.25, 0.3) is 27.8 Å². The highest BCUT2D eigenvalue weighted by atomic mass is 16.5. The molecule has 2 aliphatic carbocycles. The lowest BCUT2D eigenvalue weighted by atomic mass is 9.92. The quantitative estimate of drug-likeness (QED) is 0.520. The van der Waals surface area contributed by atoms with Crippen molar-refractivity contribution >= 4 is 16.7 Å². The van der Waals surface area contributed by atoms with E-state index in [1.54, 1.807) is 7.11 Å². The van der Waals surface area contributed by atoms with Gasteiger partial charge in [0.25, 0.3) is 0 Å². The first-order valence-corrected chi connectivity index (χ1v) is 10.1. The number of hydrogen-bond acceptors (Lipinski definition) is 6. The summed E-state index contributed by atoms with van der Waals surface area (Å²) in [5, 5.41) is 4.36. The highest BCUT2D eigenvalue weighted by Crippen LogP contribution is 2.40. The third-order valence-corrected chi connectivity index (χ3v) is 6.03. The minimum absolute atomic E-state index is 0.126. The van der Waals surface area contributed by atoms with Crippen molar-refractivity contribution in [1.82, 2.24) is 29.1 Å². The maximum Gasteiger partial charge on any atom is 0.242 e. The van der Waals surface area contributed by atoms with Crippen LogP contribution >= 0.6 is 0 Å². The number of methoxy groups -OCH3 is 1. The SMILES string of the molecule is COC1CC(Oc2ncnn3ccc(-c4cnc5nc(C)n(C6CC6)c5c4)c23)C1. The van der Waals surface area contributed by atoms with E-state index in [1.807, 2.05) is 23.0 Å². The van der Waals surface area contributed by atoms with Gasteiger partial charge < -0.3 is 14.0 Å². The van der Waals surface area contributed by atoms with E-state index in [0.717, 1.165) is 46.5 Å². The molecule has 0 aromatic carbocycles. The largest absolute Gasteiger partial charge is 0.473 e. The number of nitrogens with zero attached hydrogens (tertiary/aromatic N) is 6. The Morgan fingerprint density at radius 1 is 1.14 bits per heavy atom. The number of rotatable bonds is 5. The van der Waals surface area contributed by atoms with Crippen LogP contribution in [0.5, 0.6) is 5.88 Å². The lowest BCUT2D eigenvalue weighted by Gasteiger charge is -2.33. The molecular formula is C21H22N6O2. The monoisotopic (exact) mass is 390 g/mol. The average molecular weight is 390 g/mol. The first-order valence-electron chi connectivity index (χ1n) is 10.1. The Morgan fingerprint density at radius 2 is 2.00 bits per heavy atom. The van der Waals surface area contributed by atoms with Crippen LogP contribution in [0.3, 0.4) is 0 Å². The molecule has 148 valence electrons. The van der Waals surface area contributed by atoms with Gasteiger partial charge in [-0.15, -0.1) is 0 Å². The van der Waals surface area contributed by atoms with Gasteiger partial charge in [0.15, 0.2) is 5.65 Å². The summed E-state index contributed by atoms with van der Waals surface area (Å²) in [6, 6.07) is 4.78. The maximum atomic E-state index is 6.19. The van der Waals surface area contributed by atoms with Gasteiger partial charge in [-0.3, -0.25) is 0 Å². The molecule has 4 heterocycles. The Bertz CT molecular complexity index is 1220. The second-order valence-electron chi connectivity index (χ2n) is 7.98. The zero-order valence-electron chi connectivity index (χ0n) is 16.4. The van der Waals surface area contributed by atoms with E-state index in [1.165, 1.54) is 19.2 Å². The molecule has 2 aliphatic rings. The maximum absolute atomic E-state index is 6.19. The molecule has 8 nitrogen and oxygen atoms in total. The highest BCUT2D eigenvalue weighted by Gasteiger charge is 2.32. The standard InChI is InChI=1S/C21H22N6O2/c1-12-25-20-18(27(12)14-3-4-14)7-13(10-22-20)17-5-6-26-19(17)21(23-11-24-26)29-16-8-15(9-16)28-2/h5-7,10-11,14-16H,3-4,8-9H2,1-2H3. The second kappa shape index (κ2) is 6.25. The van der Waals surface area contributed by atoms with Crippen LogP contribution in [0.1, 0.15) is 37.5 Å². The third kappa shape index (κ3) is 2.70. The molecule has 8 heteroatoms. The number of aryl methyl sites for hydroxylation is 1. The molecule has 0 saturated heterocycles. The molecule has 0 amide bonds. The summed E-state index contributed by atoms with van der Waals surface area (Å²) in [4.78, 5) is 13.7. The first kappa shape index (κ1) is 16.9. The van der Waals surface area contributed by atoms with Gasteiger partial charge in [-0.1, -0.05) is 0 Å². The molecular weight excluding hydrogens is 368 g/mol. The van der Waals surface area contributed by atoms with Gasteiger partial charge >= 0.3 is 0 Å².